The summed E-state index contributed by atoms with van der Waals surface area (Å²) in [5.74, 6) is 3.51. The smallest absolute Gasteiger partial charge is 0.277 e. The van der Waals surface area contributed by atoms with Crippen LogP contribution in [0.1, 0.15) is 18.7 Å². The van der Waals surface area contributed by atoms with Crippen LogP contribution >= 0.6 is 23.5 Å². The van der Waals surface area contributed by atoms with Gasteiger partial charge in [-0.05, 0) is 25.3 Å². The first-order valence-electron chi connectivity index (χ1n) is 7.29. The summed E-state index contributed by atoms with van der Waals surface area (Å²) < 4.78 is 16.4. The molecule has 9 heteroatoms. The zero-order valence-electron chi connectivity index (χ0n) is 13.3. The van der Waals surface area contributed by atoms with Crippen molar-refractivity contribution in [2.75, 3.05) is 12.9 Å². The molecule has 126 valence electrons. The second-order valence-electron chi connectivity index (χ2n) is 4.62. The maximum Gasteiger partial charge on any atom is 0.277 e. The van der Waals surface area contributed by atoms with E-state index in [4.69, 9.17) is 13.7 Å². The highest BCUT2D eigenvalue weighted by Gasteiger charge is 2.14. The van der Waals surface area contributed by atoms with Crippen LogP contribution in [0.3, 0.4) is 0 Å². The van der Waals surface area contributed by atoms with E-state index in [0.29, 0.717) is 40.9 Å². The predicted octanol–water partition coefficient (Wildman–Crippen LogP) is 3.67. The summed E-state index contributed by atoms with van der Waals surface area (Å²) in [6.07, 6.45) is 1.98. The molecule has 0 atom stereocenters. The van der Waals surface area contributed by atoms with Crippen LogP contribution < -0.4 is 4.74 Å². The lowest BCUT2D eigenvalue weighted by atomic mass is 10.2. The molecular weight excluding hydrogens is 348 g/mol. The van der Waals surface area contributed by atoms with Crippen molar-refractivity contribution in [3.63, 3.8) is 0 Å². The first kappa shape index (κ1) is 16.8. The fourth-order valence-electron chi connectivity index (χ4n) is 1.96. The molecule has 0 saturated heterocycles. The van der Waals surface area contributed by atoms with Crippen molar-refractivity contribution in [3.8, 4) is 17.1 Å². The minimum Gasteiger partial charge on any atom is -0.493 e. The second-order valence-corrected chi connectivity index (χ2v) is 6.42. The molecule has 0 fully saturated rings. The van der Waals surface area contributed by atoms with Crippen LogP contribution in [0.5, 0.6) is 5.75 Å². The molecule has 0 spiro atoms. The Kier molecular flexibility index (Phi) is 5.76. The standard InChI is InChI=1S/C15H16N4O3S2/c1-3-20-11-7-5-4-6-10(11)14-16-12(22-19-14)9-24-15-18-17-13(21-15)8-23-2/h4-7H,3,8-9H2,1-2H3. The lowest BCUT2D eigenvalue weighted by Gasteiger charge is -2.05. The van der Waals surface area contributed by atoms with Crippen molar-refractivity contribution in [1.29, 1.82) is 0 Å². The Morgan fingerprint density at radius 1 is 1.12 bits per heavy atom. The van der Waals surface area contributed by atoms with Crippen molar-refractivity contribution in [3.05, 3.63) is 36.0 Å². The van der Waals surface area contributed by atoms with E-state index in [-0.39, 0.29) is 0 Å². The molecule has 1 aromatic carbocycles. The van der Waals surface area contributed by atoms with Gasteiger partial charge >= 0.3 is 0 Å². The van der Waals surface area contributed by atoms with Crippen molar-refractivity contribution < 1.29 is 13.7 Å². The van der Waals surface area contributed by atoms with Gasteiger partial charge in [-0.2, -0.15) is 16.7 Å². The van der Waals surface area contributed by atoms with E-state index in [1.165, 1.54) is 11.8 Å². The third-order valence-corrected chi connectivity index (χ3v) is 4.27. The van der Waals surface area contributed by atoms with Gasteiger partial charge in [0.25, 0.3) is 5.22 Å². The van der Waals surface area contributed by atoms with Crippen LogP contribution in [-0.4, -0.2) is 33.2 Å². The van der Waals surface area contributed by atoms with E-state index in [0.717, 1.165) is 11.3 Å². The number of hydrogen-bond acceptors (Lipinski definition) is 9. The molecule has 7 nitrogen and oxygen atoms in total. The number of para-hydroxylation sites is 1. The molecule has 0 saturated carbocycles. The molecule has 0 unspecified atom stereocenters. The SMILES string of the molecule is CCOc1ccccc1-c1noc(CSc2nnc(CSC)o2)n1. The van der Waals surface area contributed by atoms with E-state index < -0.39 is 0 Å². The maximum atomic E-state index is 5.59. The molecule has 2 heterocycles. The monoisotopic (exact) mass is 364 g/mol. The molecule has 0 aliphatic carbocycles. The highest BCUT2D eigenvalue weighted by atomic mass is 32.2. The average molecular weight is 364 g/mol. The van der Waals surface area contributed by atoms with Gasteiger partial charge in [0.2, 0.25) is 17.6 Å². The van der Waals surface area contributed by atoms with Crippen LogP contribution in [0.2, 0.25) is 0 Å². The minimum absolute atomic E-state index is 0.463. The Morgan fingerprint density at radius 2 is 2.00 bits per heavy atom. The number of benzene rings is 1. The third-order valence-electron chi connectivity index (χ3n) is 2.93. The van der Waals surface area contributed by atoms with Gasteiger partial charge in [0.15, 0.2) is 0 Å². The molecule has 0 amide bonds. The number of hydrogen-bond donors (Lipinski definition) is 0. The van der Waals surface area contributed by atoms with Crippen LogP contribution in [0.4, 0.5) is 0 Å². The fourth-order valence-corrected chi connectivity index (χ4v) is 2.94. The van der Waals surface area contributed by atoms with E-state index in [1.54, 1.807) is 11.8 Å². The number of rotatable bonds is 8. The second kappa shape index (κ2) is 8.20. The summed E-state index contributed by atoms with van der Waals surface area (Å²) in [5, 5.41) is 12.5. The largest absolute Gasteiger partial charge is 0.493 e. The Labute approximate surface area is 147 Å². The maximum absolute atomic E-state index is 5.59. The summed E-state index contributed by atoms with van der Waals surface area (Å²) in [6.45, 7) is 2.51. The van der Waals surface area contributed by atoms with Gasteiger partial charge in [0, 0.05) is 0 Å². The molecule has 0 radical (unpaired) electrons. The molecule has 2 aromatic heterocycles. The van der Waals surface area contributed by atoms with E-state index >= 15 is 0 Å². The number of thioether (sulfide) groups is 2. The van der Waals surface area contributed by atoms with Crippen molar-refractivity contribution >= 4 is 23.5 Å². The zero-order valence-corrected chi connectivity index (χ0v) is 14.9. The van der Waals surface area contributed by atoms with Gasteiger partial charge in [0.05, 0.1) is 23.7 Å². The van der Waals surface area contributed by atoms with Gasteiger partial charge in [-0.3, -0.25) is 0 Å². The van der Waals surface area contributed by atoms with Crippen molar-refractivity contribution in [1.82, 2.24) is 20.3 Å². The highest BCUT2D eigenvalue weighted by molar-refractivity contribution is 7.98. The lowest BCUT2D eigenvalue weighted by Crippen LogP contribution is -1.94. The highest BCUT2D eigenvalue weighted by Crippen LogP contribution is 2.29. The van der Waals surface area contributed by atoms with Gasteiger partial charge in [-0.15, -0.1) is 10.2 Å². The molecule has 24 heavy (non-hydrogen) atoms. The topological polar surface area (TPSA) is 87.1 Å². The van der Waals surface area contributed by atoms with Crippen LogP contribution in [0, 0.1) is 0 Å². The number of ether oxygens (including phenoxy) is 1. The summed E-state index contributed by atoms with van der Waals surface area (Å²) in [4.78, 5) is 4.41. The van der Waals surface area contributed by atoms with Crippen LogP contribution in [0.25, 0.3) is 11.4 Å². The van der Waals surface area contributed by atoms with E-state index in [9.17, 15) is 0 Å². The Bertz CT molecular complexity index is 790. The average Bonchev–Trinajstić information content (AvgIpc) is 3.23. The quantitative estimate of drug-likeness (QED) is 0.555. The Hall–Kier alpha value is -2.00. The molecule has 3 aromatic rings. The van der Waals surface area contributed by atoms with E-state index in [2.05, 4.69) is 20.3 Å². The summed E-state index contributed by atoms with van der Waals surface area (Å²) >= 11 is 3.00. The Morgan fingerprint density at radius 3 is 2.83 bits per heavy atom. The van der Waals surface area contributed by atoms with Gasteiger partial charge < -0.3 is 13.7 Å². The molecular formula is C15H16N4O3S2. The lowest BCUT2D eigenvalue weighted by molar-refractivity contribution is 0.341. The minimum atomic E-state index is 0.463. The third kappa shape index (κ3) is 4.09. The molecule has 3 rings (SSSR count). The summed E-state index contributed by atoms with van der Waals surface area (Å²) in [5.41, 5.74) is 0.805. The number of aromatic nitrogens is 4. The molecule has 0 N–H and O–H groups in total. The predicted molar refractivity (Wildman–Crippen MR) is 92.0 cm³/mol. The van der Waals surface area contributed by atoms with Gasteiger partial charge in [-0.1, -0.05) is 29.1 Å². The Balaban J connectivity index is 1.67. The van der Waals surface area contributed by atoms with Crippen molar-refractivity contribution in [2.45, 2.75) is 23.7 Å². The zero-order chi connectivity index (χ0) is 16.8. The van der Waals surface area contributed by atoms with Gasteiger partial charge in [0.1, 0.15) is 5.75 Å². The first-order valence-corrected chi connectivity index (χ1v) is 9.67. The summed E-state index contributed by atoms with van der Waals surface area (Å²) in [6, 6.07) is 7.61. The molecule has 0 bridgehead atoms. The van der Waals surface area contributed by atoms with E-state index in [1.807, 2.05) is 37.4 Å². The fraction of sp³-hybridized carbons (Fsp3) is 0.333. The normalized spacial score (nSPS) is 10.9. The van der Waals surface area contributed by atoms with Crippen molar-refractivity contribution in [2.24, 2.45) is 0 Å². The number of nitrogens with zero attached hydrogens (tertiary/aromatic N) is 4. The molecule has 0 aliphatic rings. The molecule has 0 aliphatic heterocycles. The van der Waals surface area contributed by atoms with Gasteiger partial charge in [-0.25, -0.2) is 0 Å². The van der Waals surface area contributed by atoms with Crippen LogP contribution in [-0.2, 0) is 11.5 Å². The first-order chi connectivity index (χ1) is 11.8. The van der Waals surface area contributed by atoms with Crippen LogP contribution in [0.15, 0.2) is 38.4 Å². The summed E-state index contributed by atoms with van der Waals surface area (Å²) in [7, 11) is 0.